The molecule has 1 aliphatic rings. The van der Waals surface area contributed by atoms with Gasteiger partial charge in [-0.05, 0) is 32.5 Å². The van der Waals surface area contributed by atoms with Gasteiger partial charge < -0.3 is 10.6 Å². The summed E-state index contributed by atoms with van der Waals surface area (Å²) in [6.07, 6.45) is 3.05. The van der Waals surface area contributed by atoms with Crippen LogP contribution in [0.4, 0.5) is 0 Å². The molecule has 1 saturated heterocycles. The lowest BCUT2D eigenvalue weighted by Crippen LogP contribution is -2.45. The number of hydrogen-bond donors (Lipinski definition) is 1. The van der Waals surface area contributed by atoms with Crippen LogP contribution in [0.15, 0.2) is 24.4 Å². The van der Waals surface area contributed by atoms with Crippen LogP contribution in [0.5, 0.6) is 0 Å². The Labute approximate surface area is 110 Å². The van der Waals surface area contributed by atoms with Gasteiger partial charge >= 0.3 is 0 Å². The molecule has 1 fully saturated rings. The quantitative estimate of drug-likeness (QED) is 0.864. The normalized spacial score (nSPS) is 27.1. The Balaban J connectivity index is 2.05. The first-order valence-electron chi connectivity index (χ1n) is 6.75. The van der Waals surface area contributed by atoms with Crippen molar-refractivity contribution in [2.45, 2.75) is 32.0 Å². The predicted octanol–water partition coefficient (Wildman–Crippen LogP) is 0.935. The van der Waals surface area contributed by atoms with Gasteiger partial charge in [-0.3, -0.25) is 9.88 Å². The third-order valence-corrected chi connectivity index (χ3v) is 3.96. The molecule has 0 spiro atoms. The van der Waals surface area contributed by atoms with E-state index in [1.807, 2.05) is 18.3 Å². The fourth-order valence-corrected chi connectivity index (χ4v) is 2.51. The monoisotopic (exact) mass is 248 g/mol. The smallest absolute Gasteiger partial charge is 0.0544 e. The lowest BCUT2D eigenvalue weighted by atomic mass is 10.2. The van der Waals surface area contributed by atoms with Crippen LogP contribution in [0.1, 0.15) is 19.0 Å². The second-order valence-corrected chi connectivity index (χ2v) is 5.26. The second-order valence-electron chi connectivity index (χ2n) is 5.26. The largest absolute Gasteiger partial charge is 0.329 e. The number of likely N-dealkylation sites (N-methyl/N-ethyl adjacent to an activating group) is 1. The summed E-state index contributed by atoms with van der Waals surface area (Å²) in [4.78, 5) is 9.30. The van der Waals surface area contributed by atoms with Gasteiger partial charge in [0.15, 0.2) is 0 Å². The number of nitrogens with zero attached hydrogens (tertiary/aromatic N) is 3. The maximum absolute atomic E-state index is 5.94. The van der Waals surface area contributed by atoms with Gasteiger partial charge in [-0.2, -0.15) is 0 Å². The van der Waals surface area contributed by atoms with Crippen molar-refractivity contribution in [2.75, 3.05) is 26.7 Å². The van der Waals surface area contributed by atoms with Crippen molar-refractivity contribution in [3.05, 3.63) is 30.1 Å². The summed E-state index contributed by atoms with van der Waals surface area (Å²) in [7, 11) is 2.19. The van der Waals surface area contributed by atoms with E-state index in [-0.39, 0.29) is 0 Å². The molecular formula is C14H24N4. The highest BCUT2D eigenvalue weighted by Gasteiger charge is 2.25. The van der Waals surface area contributed by atoms with Crippen molar-refractivity contribution in [2.24, 2.45) is 5.73 Å². The maximum atomic E-state index is 5.94. The topological polar surface area (TPSA) is 45.4 Å². The zero-order chi connectivity index (χ0) is 13.0. The molecular weight excluding hydrogens is 224 g/mol. The molecule has 1 aromatic rings. The Morgan fingerprint density at radius 2 is 2.28 bits per heavy atom. The molecule has 2 heterocycles. The lowest BCUT2D eigenvalue weighted by molar-refractivity contribution is 0.179. The van der Waals surface area contributed by atoms with Crippen molar-refractivity contribution in [1.82, 2.24) is 14.8 Å². The van der Waals surface area contributed by atoms with E-state index in [1.54, 1.807) is 0 Å². The molecule has 4 heteroatoms. The first-order chi connectivity index (χ1) is 8.70. The highest BCUT2D eigenvalue weighted by molar-refractivity contribution is 5.04. The molecule has 0 aliphatic carbocycles. The van der Waals surface area contributed by atoms with Gasteiger partial charge in [-0.1, -0.05) is 6.07 Å². The van der Waals surface area contributed by atoms with E-state index in [2.05, 4.69) is 34.8 Å². The molecule has 0 bridgehead atoms. The standard InChI is InChI=1S/C14H24N4/c1-12-6-8-18(14(9-15)11-17(12)2)10-13-5-3-4-7-16-13/h3-5,7,12,14H,6,8-11,15H2,1-2H3. The van der Waals surface area contributed by atoms with Gasteiger partial charge in [-0.25, -0.2) is 0 Å². The second kappa shape index (κ2) is 6.27. The summed E-state index contributed by atoms with van der Waals surface area (Å²) in [6, 6.07) is 7.16. The Morgan fingerprint density at radius 1 is 1.44 bits per heavy atom. The average Bonchev–Trinajstić information content (AvgIpc) is 2.53. The first kappa shape index (κ1) is 13.5. The first-order valence-corrected chi connectivity index (χ1v) is 6.75. The lowest BCUT2D eigenvalue weighted by Gasteiger charge is -2.29. The van der Waals surface area contributed by atoms with Crippen molar-refractivity contribution in [1.29, 1.82) is 0 Å². The van der Waals surface area contributed by atoms with Crippen molar-refractivity contribution in [3.63, 3.8) is 0 Å². The molecule has 0 amide bonds. The summed E-state index contributed by atoms with van der Waals surface area (Å²) in [6.45, 7) is 6.06. The minimum atomic E-state index is 0.432. The SMILES string of the molecule is CC1CCN(Cc2ccccn2)C(CN)CN1C. The minimum Gasteiger partial charge on any atom is -0.329 e. The van der Waals surface area contributed by atoms with E-state index >= 15 is 0 Å². The Morgan fingerprint density at radius 3 is 2.94 bits per heavy atom. The van der Waals surface area contributed by atoms with E-state index in [0.29, 0.717) is 18.6 Å². The van der Waals surface area contributed by atoms with E-state index in [9.17, 15) is 0 Å². The van der Waals surface area contributed by atoms with Crippen molar-refractivity contribution in [3.8, 4) is 0 Å². The number of rotatable bonds is 3. The summed E-state index contributed by atoms with van der Waals surface area (Å²) < 4.78 is 0. The van der Waals surface area contributed by atoms with Gasteiger partial charge in [0.1, 0.15) is 0 Å². The van der Waals surface area contributed by atoms with Crippen LogP contribution in [0.3, 0.4) is 0 Å². The van der Waals surface area contributed by atoms with Crippen LogP contribution in [-0.4, -0.2) is 53.5 Å². The third kappa shape index (κ3) is 3.28. The molecule has 18 heavy (non-hydrogen) atoms. The van der Waals surface area contributed by atoms with E-state index in [1.165, 1.54) is 6.42 Å². The molecule has 2 N–H and O–H groups in total. The van der Waals surface area contributed by atoms with Crippen LogP contribution in [-0.2, 0) is 6.54 Å². The van der Waals surface area contributed by atoms with Crippen LogP contribution >= 0.6 is 0 Å². The molecule has 4 nitrogen and oxygen atoms in total. The highest BCUT2D eigenvalue weighted by atomic mass is 15.3. The number of aromatic nitrogens is 1. The molecule has 0 radical (unpaired) electrons. The van der Waals surface area contributed by atoms with Crippen LogP contribution in [0.25, 0.3) is 0 Å². The molecule has 2 unspecified atom stereocenters. The number of pyridine rings is 1. The summed E-state index contributed by atoms with van der Waals surface area (Å²) in [5, 5.41) is 0. The number of hydrogen-bond acceptors (Lipinski definition) is 4. The summed E-state index contributed by atoms with van der Waals surface area (Å²) in [5.41, 5.74) is 7.07. The van der Waals surface area contributed by atoms with Crippen LogP contribution < -0.4 is 5.73 Å². The zero-order valence-corrected chi connectivity index (χ0v) is 11.4. The minimum absolute atomic E-state index is 0.432. The molecule has 1 aliphatic heterocycles. The van der Waals surface area contributed by atoms with Crippen LogP contribution in [0.2, 0.25) is 0 Å². The molecule has 0 saturated carbocycles. The van der Waals surface area contributed by atoms with Gasteiger partial charge in [0, 0.05) is 44.5 Å². The van der Waals surface area contributed by atoms with E-state index < -0.39 is 0 Å². The van der Waals surface area contributed by atoms with Gasteiger partial charge in [0.05, 0.1) is 5.69 Å². The molecule has 2 atom stereocenters. The molecule has 1 aromatic heterocycles. The molecule has 100 valence electrons. The Bertz CT molecular complexity index is 354. The number of nitrogens with two attached hydrogens (primary N) is 1. The Kier molecular flexibility index (Phi) is 4.69. The summed E-state index contributed by atoms with van der Waals surface area (Å²) in [5.74, 6) is 0. The van der Waals surface area contributed by atoms with Crippen molar-refractivity contribution >= 4 is 0 Å². The summed E-state index contributed by atoms with van der Waals surface area (Å²) >= 11 is 0. The average molecular weight is 248 g/mol. The van der Waals surface area contributed by atoms with E-state index in [4.69, 9.17) is 5.73 Å². The third-order valence-electron chi connectivity index (χ3n) is 3.96. The van der Waals surface area contributed by atoms with Crippen molar-refractivity contribution < 1.29 is 0 Å². The Hall–Kier alpha value is -0.970. The highest BCUT2D eigenvalue weighted by Crippen LogP contribution is 2.15. The maximum Gasteiger partial charge on any atom is 0.0544 e. The fraction of sp³-hybridized carbons (Fsp3) is 0.643. The van der Waals surface area contributed by atoms with Gasteiger partial charge in [0.2, 0.25) is 0 Å². The van der Waals surface area contributed by atoms with Gasteiger partial charge in [0.25, 0.3) is 0 Å². The molecule has 0 aromatic carbocycles. The van der Waals surface area contributed by atoms with Gasteiger partial charge in [-0.15, -0.1) is 0 Å². The molecule has 2 rings (SSSR count). The predicted molar refractivity (Wildman–Crippen MR) is 74.2 cm³/mol. The zero-order valence-electron chi connectivity index (χ0n) is 11.4. The van der Waals surface area contributed by atoms with Crippen LogP contribution in [0, 0.1) is 0 Å². The van der Waals surface area contributed by atoms with E-state index in [0.717, 1.165) is 25.3 Å². The fourth-order valence-electron chi connectivity index (χ4n) is 2.51.